The molecule has 2 heterocycles. The molecule has 7 nitrogen and oxygen atoms in total. The van der Waals surface area contributed by atoms with Gasteiger partial charge in [0.15, 0.2) is 5.96 Å². The Labute approximate surface area is 183 Å². The number of aromatic nitrogens is 1. The molecule has 168 valence electrons. The Bertz CT molecular complexity index is 849. The van der Waals surface area contributed by atoms with Gasteiger partial charge in [-0.1, -0.05) is 12.1 Å². The zero-order valence-electron chi connectivity index (χ0n) is 18.2. The van der Waals surface area contributed by atoms with E-state index in [0.717, 1.165) is 44.2 Å². The van der Waals surface area contributed by atoms with Gasteiger partial charge in [-0.2, -0.15) is 0 Å². The predicted octanol–water partition coefficient (Wildman–Crippen LogP) is 3.46. The molecule has 0 radical (unpaired) electrons. The first-order valence-corrected chi connectivity index (χ1v) is 10.7. The van der Waals surface area contributed by atoms with Crippen LogP contribution >= 0.6 is 0 Å². The lowest BCUT2D eigenvalue weighted by atomic mass is 10.1. The van der Waals surface area contributed by atoms with Crippen LogP contribution in [0.5, 0.6) is 11.6 Å². The van der Waals surface area contributed by atoms with E-state index in [1.807, 2.05) is 12.1 Å². The molecule has 1 saturated heterocycles. The summed E-state index contributed by atoms with van der Waals surface area (Å²) in [4.78, 5) is 11.4. The first-order chi connectivity index (χ1) is 15.2. The Morgan fingerprint density at radius 3 is 3.00 bits per heavy atom. The van der Waals surface area contributed by atoms with Crippen LogP contribution in [-0.4, -0.2) is 62.4 Å². The summed E-state index contributed by atoms with van der Waals surface area (Å²) in [6.07, 6.45) is 2.72. The summed E-state index contributed by atoms with van der Waals surface area (Å²) in [7, 11) is 1.68. The first-order valence-electron chi connectivity index (χ1n) is 10.7. The van der Waals surface area contributed by atoms with Crippen molar-refractivity contribution in [1.82, 2.24) is 15.2 Å². The topological polar surface area (TPSA) is 68.2 Å². The number of pyridine rings is 1. The number of likely N-dealkylation sites (tertiary alicyclic amines) is 1. The van der Waals surface area contributed by atoms with Crippen LogP contribution in [0.1, 0.15) is 18.9 Å². The van der Waals surface area contributed by atoms with Crippen LogP contribution < -0.4 is 10.1 Å². The number of methoxy groups -OCH3 is 1. The van der Waals surface area contributed by atoms with Gasteiger partial charge >= 0.3 is 0 Å². The lowest BCUT2D eigenvalue weighted by Crippen LogP contribution is -2.40. The van der Waals surface area contributed by atoms with Crippen molar-refractivity contribution in [3.05, 3.63) is 54.0 Å². The smallest absolute Gasteiger partial charge is 0.224 e. The second-order valence-corrected chi connectivity index (χ2v) is 7.37. The average Bonchev–Trinajstić information content (AvgIpc) is 3.24. The fourth-order valence-corrected chi connectivity index (χ4v) is 3.42. The van der Waals surface area contributed by atoms with Gasteiger partial charge in [0, 0.05) is 50.5 Å². The third-order valence-electron chi connectivity index (χ3n) is 4.97. The van der Waals surface area contributed by atoms with Crippen LogP contribution in [0.3, 0.4) is 0 Å². The van der Waals surface area contributed by atoms with Gasteiger partial charge in [0.2, 0.25) is 5.88 Å². The van der Waals surface area contributed by atoms with Crippen molar-refractivity contribution in [2.75, 3.05) is 46.6 Å². The van der Waals surface area contributed by atoms with Gasteiger partial charge in [-0.25, -0.2) is 14.4 Å². The van der Waals surface area contributed by atoms with Gasteiger partial charge in [0.25, 0.3) is 0 Å². The highest BCUT2D eigenvalue weighted by atomic mass is 19.1. The number of halogens is 1. The molecule has 31 heavy (non-hydrogen) atoms. The van der Waals surface area contributed by atoms with Crippen molar-refractivity contribution >= 4 is 5.96 Å². The maximum Gasteiger partial charge on any atom is 0.224 e. The SMILES string of the molecule is CCNC(=NCc1cccnc1Oc1cccc(F)c1)N1CCC(COCCOC)C1. The molecular weight excluding hydrogens is 399 g/mol. The van der Waals surface area contributed by atoms with Crippen LogP contribution in [0.25, 0.3) is 0 Å². The van der Waals surface area contributed by atoms with Crippen LogP contribution in [0.2, 0.25) is 0 Å². The summed E-state index contributed by atoms with van der Waals surface area (Å²) in [5.41, 5.74) is 0.834. The third kappa shape index (κ3) is 7.18. The molecule has 8 heteroatoms. The number of guanidine groups is 1. The molecule has 1 atom stereocenters. The Morgan fingerprint density at radius 1 is 1.29 bits per heavy atom. The van der Waals surface area contributed by atoms with E-state index in [4.69, 9.17) is 19.2 Å². The number of ether oxygens (including phenoxy) is 3. The van der Waals surface area contributed by atoms with E-state index in [9.17, 15) is 4.39 Å². The summed E-state index contributed by atoms with van der Waals surface area (Å²) in [6, 6.07) is 9.80. The zero-order chi connectivity index (χ0) is 21.9. The number of nitrogens with zero attached hydrogens (tertiary/aromatic N) is 3. The van der Waals surface area contributed by atoms with Crippen molar-refractivity contribution < 1.29 is 18.6 Å². The Balaban J connectivity index is 1.63. The molecule has 1 unspecified atom stereocenters. The van der Waals surface area contributed by atoms with E-state index < -0.39 is 0 Å². The predicted molar refractivity (Wildman–Crippen MR) is 118 cm³/mol. The van der Waals surface area contributed by atoms with E-state index in [2.05, 4.69) is 22.1 Å². The Kier molecular flexibility index (Phi) is 9.05. The second-order valence-electron chi connectivity index (χ2n) is 7.37. The largest absolute Gasteiger partial charge is 0.439 e. The van der Waals surface area contributed by atoms with Crippen LogP contribution in [0.15, 0.2) is 47.6 Å². The number of hydrogen-bond donors (Lipinski definition) is 1. The van der Waals surface area contributed by atoms with E-state index in [1.165, 1.54) is 12.1 Å². The van der Waals surface area contributed by atoms with E-state index in [-0.39, 0.29) is 5.82 Å². The van der Waals surface area contributed by atoms with Crippen molar-refractivity contribution in [3.63, 3.8) is 0 Å². The summed E-state index contributed by atoms with van der Waals surface area (Å²) in [5, 5.41) is 3.37. The Morgan fingerprint density at radius 2 is 2.19 bits per heavy atom. The normalized spacial score (nSPS) is 16.5. The molecule has 0 amide bonds. The summed E-state index contributed by atoms with van der Waals surface area (Å²) in [6.45, 7) is 7.05. The number of nitrogens with one attached hydrogen (secondary N) is 1. The molecule has 1 aromatic heterocycles. The highest BCUT2D eigenvalue weighted by molar-refractivity contribution is 5.80. The quantitative estimate of drug-likeness (QED) is 0.354. The second kappa shape index (κ2) is 12.2. The van der Waals surface area contributed by atoms with Crippen molar-refractivity contribution in [1.29, 1.82) is 0 Å². The minimum atomic E-state index is -0.350. The zero-order valence-corrected chi connectivity index (χ0v) is 18.2. The van der Waals surface area contributed by atoms with E-state index >= 15 is 0 Å². The van der Waals surface area contributed by atoms with Crippen LogP contribution in [0.4, 0.5) is 4.39 Å². The summed E-state index contributed by atoms with van der Waals surface area (Å²) >= 11 is 0. The lowest BCUT2D eigenvalue weighted by Gasteiger charge is -2.22. The first kappa shape index (κ1) is 23.0. The molecule has 3 rings (SSSR count). The van der Waals surface area contributed by atoms with Crippen molar-refractivity contribution in [2.45, 2.75) is 19.9 Å². The molecule has 1 fully saturated rings. The molecule has 0 aliphatic carbocycles. The van der Waals surface area contributed by atoms with Gasteiger partial charge < -0.3 is 24.4 Å². The number of rotatable bonds is 10. The fraction of sp³-hybridized carbons (Fsp3) is 0.478. The molecule has 0 bridgehead atoms. The number of aliphatic imine (C=N–C) groups is 1. The van der Waals surface area contributed by atoms with Crippen molar-refractivity contribution in [2.24, 2.45) is 10.9 Å². The van der Waals surface area contributed by atoms with E-state index in [0.29, 0.717) is 37.3 Å². The van der Waals surface area contributed by atoms with Gasteiger partial charge in [-0.3, -0.25) is 0 Å². The van der Waals surface area contributed by atoms with Gasteiger partial charge in [-0.05, 0) is 31.5 Å². The molecule has 1 aliphatic heterocycles. The maximum absolute atomic E-state index is 13.5. The van der Waals surface area contributed by atoms with Gasteiger partial charge in [-0.15, -0.1) is 0 Å². The molecular formula is C23H31FN4O3. The number of hydrogen-bond acceptors (Lipinski definition) is 5. The number of benzene rings is 1. The minimum absolute atomic E-state index is 0.350. The highest BCUT2D eigenvalue weighted by Crippen LogP contribution is 2.24. The lowest BCUT2D eigenvalue weighted by molar-refractivity contribution is 0.0536. The summed E-state index contributed by atoms with van der Waals surface area (Å²) in [5.74, 6) is 1.83. The molecule has 0 spiro atoms. The molecule has 2 aromatic rings. The molecule has 1 N–H and O–H groups in total. The van der Waals surface area contributed by atoms with Crippen molar-refractivity contribution in [3.8, 4) is 11.6 Å². The van der Waals surface area contributed by atoms with Crippen LogP contribution in [0, 0.1) is 11.7 Å². The van der Waals surface area contributed by atoms with Gasteiger partial charge in [0.05, 0.1) is 26.4 Å². The minimum Gasteiger partial charge on any atom is -0.439 e. The standard InChI is InChI=1S/C23H31FN4O3/c1-3-25-23(28-11-9-18(16-28)17-30-13-12-29-2)27-15-19-6-5-10-26-22(19)31-21-8-4-7-20(24)14-21/h4-8,10,14,18H,3,9,11-13,15-17H2,1-2H3,(H,25,27). The van der Waals surface area contributed by atoms with Gasteiger partial charge in [0.1, 0.15) is 11.6 Å². The fourth-order valence-electron chi connectivity index (χ4n) is 3.42. The molecule has 0 saturated carbocycles. The Hall–Kier alpha value is -2.71. The molecule has 1 aliphatic rings. The molecule has 1 aromatic carbocycles. The summed E-state index contributed by atoms with van der Waals surface area (Å²) < 4.78 is 30.0. The van der Waals surface area contributed by atoms with E-state index in [1.54, 1.807) is 25.4 Å². The monoisotopic (exact) mass is 430 g/mol. The third-order valence-corrected chi connectivity index (χ3v) is 4.97. The highest BCUT2D eigenvalue weighted by Gasteiger charge is 2.25. The average molecular weight is 431 g/mol. The van der Waals surface area contributed by atoms with Crippen LogP contribution in [-0.2, 0) is 16.0 Å². The maximum atomic E-state index is 13.5.